The number of fused-ring (bicyclic) bond motifs is 1. The minimum Gasteiger partial charge on any atom is -0.301 e. The topological polar surface area (TPSA) is 78.7 Å². The summed E-state index contributed by atoms with van der Waals surface area (Å²) in [5.41, 5.74) is 2.32. The molecule has 0 saturated heterocycles. The zero-order valence-electron chi connectivity index (χ0n) is 15.2. The average molecular weight is 397 g/mol. The Kier molecular flexibility index (Phi) is 6.43. The first-order valence-electron chi connectivity index (χ1n) is 8.87. The third-order valence-electron chi connectivity index (χ3n) is 3.99. The summed E-state index contributed by atoms with van der Waals surface area (Å²) in [6.07, 6.45) is 2.47. The summed E-state index contributed by atoms with van der Waals surface area (Å²) in [4.78, 5) is 21.8. The molecule has 138 valence electrons. The number of thioether (sulfide) groups is 1. The Hall–Kier alpha value is -2.43. The lowest BCUT2D eigenvalue weighted by molar-refractivity contribution is -0.115. The predicted octanol–water partition coefficient (Wildman–Crippen LogP) is 5.02. The number of nitrogens with one attached hydrogen (secondary N) is 1. The summed E-state index contributed by atoms with van der Waals surface area (Å²) in [7, 11) is 0. The molecule has 1 aromatic carbocycles. The van der Waals surface area contributed by atoms with Crippen LogP contribution in [0.25, 0.3) is 10.2 Å². The largest absolute Gasteiger partial charge is 0.301 e. The van der Waals surface area contributed by atoms with E-state index in [1.165, 1.54) is 23.1 Å². The number of hydrogen-bond acceptors (Lipinski definition) is 6. The third kappa shape index (κ3) is 4.65. The SMILES string of the molecule is CCCc1ccc(C#N)c(SC(CC)C(=O)Nc2nc3ccccc3s2)n1. The fourth-order valence-electron chi connectivity index (χ4n) is 2.62. The Labute approximate surface area is 166 Å². The highest BCUT2D eigenvalue weighted by atomic mass is 32.2. The molecule has 3 rings (SSSR count). The Morgan fingerprint density at radius 2 is 2.07 bits per heavy atom. The maximum absolute atomic E-state index is 12.8. The minimum absolute atomic E-state index is 0.117. The molecule has 27 heavy (non-hydrogen) atoms. The molecule has 0 fully saturated rings. The van der Waals surface area contributed by atoms with Gasteiger partial charge in [0.2, 0.25) is 5.91 Å². The molecule has 0 radical (unpaired) electrons. The predicted molar refractivity (Wildman–Crippen MR) is 111 cm³/mol. The van der Waals surface area contributed by atoms with Gasteiger partial charge in [0, 0.05) is 5.69 Å². The molecule has 7 heteroatoms. The Morgan fingerprint density at radius 3 is 2.78 bits per heavy atom. The lowest BCUT2D eigenvalue weighted by Gasteiger charge is -2.14. The van der Waals surface area contributed by atoms with Crippen molar-refractivity contribution in [1.29, 1.82) is 5.26 Å². The molecule has 0 saturated carbocycles. The van der Waals surface area contributed by atoms with Crippen molar-refractivity contribution in [3.8, 4) is 6.07 Å². The number of aryl methyl sites for hydroxylation is 1. The molecule has 0 aliphatic rings. The van der Waals surface area contributed by atoms with E-state index in [9.17, 15) is 10.1 Å². The Bertz CT molecular complexity index is 960. The first kappa shape index (κ1) is 19.3. The van der Waals surface area contributed by atoms with E-state index < -0.39 is 0 Å². The quantitative estimate of drug-likeness (QED) is 0.567. The number of amides is 1. The van der Waals surface area contributed by atoms with Crippen LogP contribution in [0.4, 0.5) is 5.13 Å². The summed E-state index contributed by atoms with van der Waals surface area (Å²) in [5, 5.41) is 13.2. The van der Waals surface area contributed by atoms with Gasteiger partial charge in [0.15, 0.2) is 5.13 Å². The number of aromatic nitrogens is 2. The van der Waals surface area contributed by atoms with Crippen LogP contribution in [-0.2, 0) is 11.2 Å². The lowest BCUT2D eigenvalue weighted by atomic mass is 10.2. The zero-order valence-corrected chi connectivity index (χ0v) is 16.9. The van der Waals surface area contributed by atoms with Gasteiger partial charge in [-0.3, -0.25) is 4.79 Å². The van der Waals surface area contributed by atoms with Crippen LogP contribution >= 0.6 is 23.1 Å². The number of hydrogen-bond donors (Lipinski definition) is 1. The van der Waals surface area contributed by atoms with Gasteiger partial charge in [0.05, 0.1) is 21.0 Å². The number of carbonyl (C=O) groups excluding carboxylic acids is 1. The molecule has 1 unspecified atom stereocenters. The van der Waals surface area contributed by atoms with Crippen LogP contribution < -0.4 is 5.32 Å². The van der Waals surface area contributed by atoms with Crippen molar-refractivity contribution in [3.63, 3.8) is 0 Å². The molecule has 3 aromatic rings. The molecule has 5 nitrogen and oxygen atoms in total. The molecule has 0 aliphatic carbocycles. The normalized spacial score (nSPS) is 11.9. The minimum atomic E-state index is -0.339. The number of para-hydroxylation sites is 1. The average Bonchev–Trinajstić information content (AvgIpc) is 3.08. The van der Waals surface area contributed by atoms with Crippen molar-refractivity contribution in [2.24, 2.45) is 0 Å². The van der Waals surface area contributed by atoms with Crippen molar-refractivity contribution in [2.75, 3.05) is 5.32 Å². The van der Waals surface area contributed by atoms with E-state index >= 15 is 0 Å². The molecule has 1 atom stereocenters. The lowest BCUT2D eigenvalue weighted by Crippen LogP contribution is -2.24. The zero-order chi connectivity index (χ0) is 19.2. The number of nitriles is 1. The summed E-state index contributed by atoms with van der Waals surface area (Å²) in [6.45, 7) is 4.05. The summed E-state index contributed by atoms with van der Waals surface area (Å²) in [6, 6.07) is 13.6. The fraction of sp³-hybridized carbons (Fsp3) is 0.300. The van der Waals surface area contributed by atoms with E-state index in [1.54, 1.807) is 6.07 Å². The molecule has 1 amide bonds. The molecule has 0 aliphatic heterocycles. The van der Waals surface area contributed by atoms with E-state index in [2.05, 4.69) is 28.3 Å². The highest BCUT2D eigenvalue weighted by Crippen LogP contribution is 2.30. The first-order chi connectivity index (χ1) is 13.1. The maximum atomic E-state index is 12.8. The molecule has 1 N–H and O–H groups in total. The Morgan fingerprint density at radius 1 is 1.26 bits per heavy atom. The van der Waals surface area contributed by atoms with E-state index in [-0.39, 0.29) is 11.2 Å². The van der Waals surface area contributed by atoms with Crippen molar-refractivity contribution >= 4 is 44.4 Å². The van der Waals surface area contributed by atoms with Crippen LogP contribution in [0, 0.1) is 11.3 Å². The molecule has 2 heterocycles. The van der Waals surface area contributed by atoms with Gasteiger partial charge in [0.25, 0.3) is 0 Å². The van der Waals surface area contributed by atoms with Crippen molar-refractivity contribution in [2.45, 2.75) is 43.4 Å². The van der Waals surface area contributed by atoms with Gasteiger partial charge in [0.1, 0.15) is 11.1 Å². The van der Waals surface area contributed by atoms with Gasteiger partial charge in [-0.1, -0.05) is 55.5 Å². The van der Waals surface area contributed by atoms with Gasteiger partial charge < -0.3 is 5.32 Å². The van der Waals surface area contributed by atoms with E-state index in [0.29, 0.717) is 22.1 Å². The van der Waals surface area contributed by atoms with Crippen LogP contribution in [-0.4, -0.2) is 21.1 Å². The van der Waals surface area contributed by atoms with Gasteiger partial charge in [-0.25, -0.2) is 9.97 Å². The molecule has 2 aromatic heterocycles. The van der Waals surface area contributed by atoms with Crippen LogP contribution in [0.3, 0.4) is 0 Å². The molecular weight excluding hydrogens is 376 g/mol. The fourth-order valence-corrected chi connectivity index (χ4v) is 4.50. The summed E-state index contributed by atoms with van der Waals surface area (Å²) < 4.78 is 1.04. The number of nitrogens with zero attached hydrogens (tertiary/aromatic N) is 3. The molecule has 0 spiro atoms. The smallest absolute Gasteiger partial charge is 0.239 e. The molecule has 0 bridgehead atoms. The van der Waals surface area contributed by atoms with Crippen LogP contribution in [0.2, 0.25) is 0 Å². The van der Waals surface area contributed by atoms with Gasteiger partial charge >= 0.3 is 0 Å². The van der Waals surface area contributed by atoms with E-state index in [4.69, 9.17) is 0 Å². The maximum Gasteiger partial charge on any atom is 0.239 e. The summed E-state index contributed by atoms with van der Waals surface area (Å²) in [5.74, 6) is -0.117. The second-order valence-electron chi connectivity index (χ2n) is 6.01. The van der Waals surface area contributed by atoms with Crippen LogP contribution in [0.15, 0.2) is 41.4 Å². The second-order valence-corrected chi connectivity index (χ2v) is 8.23. The van der Waals surface area contributed by atoms with E-state index in [0.717, 1.165) is 28.8 Å². The van der Waals surface area contributed by atoms with Crippen molar-refractivity contribution < 1.29 is 4.79 Å². The Balaban J connectivity index is 1.77. The number of anilines is 1. The number of carbonyl (C=O) groups is 1. The van der Waals surface area contributed by atoms with Crippen molar-refractivity contribution in [3.05, 3.63) is 47.7 Å². The van der Waals surface area contributed by atoms with Gasteiger partial charge in [-0.05, 0) is 37.1 Å². The number of thiazole rings is 1. The van der Waals surface area contributed by atoms with Crippen LogP contribution in [0.1, 0.15) is 37.9 Å². The third-order valence-corrected chi connectivity index (χ3v) is 6.30. The first-order valence-corrected chi connectivity index (χ1v) is 10.6. The van der Waals surface area contributed by atoms with E-state index in [1.807, 2.05) is 37.3 Å². The van der Waals surface area contributed by atoms with Gasteiger partial charge in [-0.15, -0.1) is 0 Å². The van der Waals surface area contributed by atoms with Crippen molar-refractivity contribution in [1.82, 2.24) is 9.97 Å². The molecular formula is C20H20N4OS2. The monoisotopic (exact) mass is 396 g/mol. The second kappa shape index (κ2) is 8.98. The number of rotatable bonds is 7. The number of pyridine rings is 1. The van der Waals surface area contributed by atoms with Gasteiger partial charge in [-0.2, -0.15) is 5.26 Å². The standard InChI is InChI=1S/C20H20N4OS2/c1-3-7-14-11-10-13(12-21)19(22-14)26-16(4-2)18(25)24-20-23-15-8-5-6-9-17(15)27-20/h5-6,8-11,16H,3-4,7H2,1-2H3,(H,23,24,25). The summed E-state index contributed by atoms with van der Waals surface area (Å²) >= 11 is 2.80. The highest BCUT2D eigenvalue weighted by molar-refractivity contribution is 8.00. The van der Waals surface area contributed by atoms with Crippen LogP contribution in [0.5, 0.6) is 0 Å². The highest BCUT2D eigenvalue weighted by Gasteiger charge is 2.22. The number of benzene rings is 1.